The molecule has 3 heteroatoms. The molecule has 0 saturated heterocycles. The van der Waals surface area contributed by atoms with Crippen LogP contribution in [0.5, 0.6) is 0 Å². The van der Waals surface area contributed by atoms with Crippen LogP contribution in [0.2, 0.25) is 0 Å². The first kappa shape index (κ1) is 16.7. The Morgan fingerprint density at radius 2 is 1.55 bits per heavy atom. The van der Waals surface area contributed by atoms with Crippen molar-refractivity contribution in [3.05, 3.63) is 66.0 Å². The largest absolute Gasteiger partial charge is 0.392 e. The molecule has 22 heavy (non-hydrogen) atoms. The highest BCUT2D eigenvalue weighted by Gasteiger charge is 2.19. The molecule has 2 rings (SSSR count). The predicted molar refractivity (Wildman–Crippen MR) is 90.6 cm³/mol. The number of rotatable bonds is 8. The first-order valence-corrected chi connectivity index (χ1v) is 8.12. The van der Waals surface area contributed by atoms with Crippen molar-refractivity contribution >= 4 is 0 Å². The van der Waals surface area contributed by atoms with Crippen LogP contribution in [0.4, 0.5) is 0 Å². The van der Waals surface area contributed by atoms with Crippen LogP contribution in [-0.4, -0.2) is 22.7 Å². The Morgan fingerprint density at radius 3 is 2.14 bits per heavy atom. The smallest absolute Gasteiger partial charge is 0.0692 e. The zero-order valence-corrected chi connectivity index (χ0v) is 13.4. The van der Waals surface area contributed by atoms with Gasteiger partial charge in [-0.2, -0.15) is 0 Å². The Hall–Kier alpha value is -1.71. The number of pyridine rings is 1. The molecule has 1 heterocycles. The Labute approximate surface area is 133 Å². The molecule has 0 radical (unpaired) electrons. The number of hydrogen-bond acceptors (Lipinski definition) is 3. The summed E-state index contributed by atoms with van der Waals surface area (Å²) in [6.07, 6.45) is 5.31. The normalized spacial score (nSPS) is 14.0. The standard InChI is InChI=1S/C19H26N2O/c1-3-15(4-2)18(22)14-21-19(16-8-6-5-7-9-16)17-10-12-20-13-11-17/h5-13,15,18-19,21-22H,3-4,14H2,1-2H3. The Morgan fingerprint density at radius 1 is 0.955 bits per heavy atom. The summed E-state index contributed by atoms with van der Waals surface area (Å²) < 4.78 is 0. The molecule has 1 aromatic heterocycles. The van der Waals surface area contributed by atoms with Gasteiger partial charge in [-0.25, -0.2) is 0 Å². The van der Waals surface area contributed by atoms with E-state index in [1.807, 2.05) is 42.7 Å². The number of aliphatic hydroxyl groups excluding tert-OH is 1. The Balaban J connectivity index is 2.13. The fraction of sp³-hybridized carbons (Fsp3) is 0.421. The van der Waals surface area contributed by atoms with Gasteiger partial charge in [-0.1, -0.05) is 57.0 Å². The van der Waals surface area contributed by atoms with Crippen LogP contribution in [0.15, 0.2) is 54.9 Å². The minimum atomic E-state index is -0.317. The third-order valence-corrected chi connectivity index (χ3v) is 4.30. The van der Waals surface area contributed by atoms with Gasteiger partial charge in [0, 0.05) is 18.9 Å². The molecule has 0 spiro atoms. The van der Waals surface area contributed by atoms with E-state index in [-0.39, 0.29) is 12.1 Å². The van der Waals surface area contributed by atoms with Crippen LogP contribution in [0.1, 0.15) is 43.9 Å². The number of nitrogens with one attached hydrogen (secondary N) is 1. The molecule has 2 unspecified atom stereocenters. The zero-order chi connectivity index (χ0) is 15.8. The van der Waals surface area contributed by atoms with E-state index in [9.17, 15) is 5.11 Å². The van der Waals surface area contributed by atoms with E-state index in [0.717, 1.165) is 18.4 Å². The van der Waals surface area contributed by atoms with Gasteiger partial charge in [0.2, 0.25) is 0 Å². The minimum absolute atomic E-state index is 0.0770. The topological polar surface area (TPSA) is 45.1 Å². The first-order valence-electron chi connectivity index (χ1n) is 8.12. The summed E-state index contributed by atoms with van der Waals surface area (Å²) in [5.41, 5.74) is 2.36. The van der Waals surface area contributed by atoms with E-state index in [1.165, 1.54) is 5.56 Å². The van der Waals surface area contributed by atoms with Crippen LogP contribution in [0.3, 0.4) is 0 Å². The lowest BCUT2D eigenvalue weighted by Gasteiger charge is -2.25. The summed E-state index contributed by atoms with van der Waals surface area (Å²) >= 11 is 0. The first-order chi connectivity index (χ1) is 10.8. The van der Waals surface area contributed by atoms with Crippen molar-refractivity contribution in [2.45, 2.75) is 38.8 Å². The van der Waals surface area contributed by atoms with E-state index >= 15 is 0 Å². The fourth-order valence-electron chi connectivity index (χ4n) is 2.87. The molecule has 3 nitrogen and oxygen atoms in total. The molecule has 0 fully saturated rings. The van der Waals surface area contributed by atoms with E-state index in [2.05, 4.69) is 36.3 Å². The number of aliphatic hydroxyl groups is 1. The predicted octanol–water partition coefficient (Wildman–Crippen LogP) is 3.56. The summed E-state index contributed by atoms with van der Waals surface area (Å²) in [6.45, 7) is 4.86. The van der Waals surface area contributed by atoms with Crippen LogP contribution in [-0.2, 0) is 0 Å². The molecule has 2 atom stereocenters. The molecule has 0 aliphatic carbocycles. The second kappa shape index (κ2) is 8.66. The van der Waals surface area contributed by atoms with E-state index in [4.69, 9.17) is 0 Å². The summed E-state index contributed by atoms with van der Waals surface area (Å²) in [7, 11) is 0. The summed E-state index contributed by atoms with van der Waals surface area (Å²) in [5, 5.41) is 13.9. The quantitative estimate of drug-likeness (QED) is 0.783. The number of hydrogen-bond donors (Lipinski definition) is 2. The molecule has 0 aliphatic heterocycles. The van der Waals surface area contributed by atoms with Crippen molar-refractivity contribution in [1.29, 1.82) is 0 Å². The van der Waals surface area contributed by atoms with E-state index in [0.29, 0.717) is 12.5 Å². The number of aromatic nitrogens is 1. The molecule has 2 N–H and O–H groups in total. The van der Waals surface area contributed by atoms with Crippen molar-refractivity contribution in [1.82, 2.24) is 10.3 Å². The molecular formula is C19H26N2O. The third kappa shape index (κ3) is 4.39. The summed E-state index contributed by atoms with van der Waals surface area (Å²) in [6, 6.07) is 14.5. The highest BCUT2D eigenvalue weighted by molar-refractivity contribution is 5.30. The summed E-state index contributed by atoms with van der Waals surface area (Å²) in [4.78, 5) is 4.09. The summed E-state index contributed by atoms with van der Waals surface area (Å²) in [5.74, 6) is 0.348. The molecular weight excluding hydrogens is 272 g/mol. The van der Waals surface area contributed by atoms with Gasteiger partial charge < -0.3 is 10.4 Å². The van der Waals surface area contributed by atoms with Gasteiger partial charge in [0.05, 0.1) is 12.1 Å². The SMILES string of the molecule is CCC(CC)C(O)CNC(c1ccccc1)c1ccncc1. The molecule has 0 aliphatic rings. The number of nitrogens with zero attached hydrogens (tertiary/aromatic N) is 1. The second-order valence-corrected chi connectivity index (χ2v) is 5.68. The highest BCUT2D eigenvalue weighted by atomic mass is 16.3. The molecule has 0 amide bonds. The average Bonchev–Trinajstić information content (AvgIpc) is 2.58. The van der Waals surface area contributed by atoms with Gasteiger partial charge in [-0.05, 0) is 29.2 Å². The third-order valence-electron chi connectivity index (χ3n) is 4.30. The monoisotopic (exact) mass is 298 g/mol. The fourth-order valence-corrected chi connectivity index (χ4v) is 2.87. The molecule has 1 aromatic carbocycles. The van der Waals surface area contributed by atoms with Gasteiger partial charge in [-0.15, -0.1) is 0 Å². The van der Waals surface area contributed by atoms with Crippen molar-refractivity contribution in [2.24, 2.45) is 5.92 Å². The molecule has 0 saturated carbocycles. The van der Waals surface area contributed by atoms with E-state index in [1.54, 1.807) is 0 Å². The van der Waals surface area contributed by atoms with Crippen LogP contribution >= 0.6 is 0 Å². The Kier molecular flexibility index (Phi) is 6.56. The lowest BCUT2D eigenvalue weighted by molar-refractivity contribution is 0.0996. The maximum absolute atomic E-state index is 10.4. The van der Waals surface area contributed by atoms with Crippen molar-refractivity contribution in [3.63, 3.8) is 0 Å². The maximum atomic E-state index is 10.4. The minimum Gasteiger partial charge on any atom is -0.392 e. The average molecular weight is 298 g/mol. The van der Waals surface area contributed by atoms with Crippen LogP contribution in [0, 0.1) is 5.92 Å². The molecule has 2 aromatic rings. The van der Waals surface area contributed by atoms with Crippen LogP contribution < -0.4 is 5.32 Å². The van der Waals surface area contributed by atoms with Crippen molar-refractivity contribution in [2.75, 3.05) is 6.54 Å². The van der Waals surface area contributed by atoms with Gasteiger partial charge in [-0.3, -0.25) is 4.98 Å². The van der Waals surface area contributed by atoms with Crippen molar-refractivity contribution in [3.8, 4) is 0 Å². The lowest BCUT2D eigenvalue weighted by Crippen LogP contribution is -2.35. The molecule has 0 bridgehead atoms. The van der Waals surface area contributed by atoms with Gasteiger partial charge >= 0.3 is 0 Å². The highest BCUT2D eigenvalue weighted by Crippen LogP contribution is 2.22. The van der Waals surface area contributed by atoms with Gasteiger partial charge in [0.15, 0.2) is 0 Å². The molecule has 118 valence electrons. The second-order valence-electron chi connectivity index (χ2n) is 5.68. The van der Waals surface area contributed by atoms with Gasteiger partial charge in [0.25, 0.3) is 0 Å². The van der Waals surface area contributed by atoms with E-state index < -0.39 is 0 Å². The Bertz CT molecular complexity index is 486. The van der Waals surface area contributed by atoms with Crippen LogP contribution in [0.25, 0.3) is 0 Å². The van der Waals surface area contributed by atoms with Gasteiger partial charge in [0.1, 0.15) is 0 Å². The lowest BCUT2D eigenvalue weighted by atomic mass is 9.95. The number of benzene rings is 1. The zero-order valence-electron chi connectivity index (χ0n) is 13.4. The maximum Gasteiger partial charge on any atom is 0.0692 e. The van der Waals surface area contributed by atoms with Crippen molar-refractivity contribution < 1.29 is 5.11 Å².